The van der Waals surface area contributed by atoms with E-state index in [4.69, 9.17) is 9.47 Å². The molecule has 0 radical (unpaired) electrons. The van der Waals surface area contributed by atoms with Crippen LogP contribution in [0.1, 0.15) is 4.88 Å². The van der Waals surface area contributed by atoms with Gasteiger partial charge >= 0.3 is 0 Å². The molecule has 80 valence electrons. The third-order valence-electron chi connectivity index (χ3n) is 1.86. The van der Waals surface area contributed by atoms with E-state index in [1.54, 1.807) is 11.3 Å². The molecule has 1 aromatic rings. The highest BCUT2D eigenvalue weighted by molar-refractivity contribution is 9.10. The molecule has 1 heterocycles. The van der Waals surface area contributed by atoms with Gasteiger partial charge in [-0.3, -0.25) is 0 Å². The Kier molecular flexibility index (Phi) is 5.05. The summed E-state index contributed by atoms with van der Waals surface area (Å²) in [7, 11) is 3.03. The van der Waals surface area contributed by atoms with E-state index in [1.807, 2.05) is 11.4 Å². The molecular weight excluding hydrogens is 268 g/mol. The van der Waals surface area contributed by atoms with Gasteiger partial charge in [-0.25, -0.2) is 0 Å². The van der Waals surface area contributed by atoms with Gasteiger partial charge in [-0.05, 0) is 27.4 Å². The van der Waals surface area contributed by atoms with Crippen LogP contribution in [-0.2, 0) is 15.9 Å². The highest BCUT2D eigenvalue weighted by Gasteiger charge is 2.19. The van der Waals surface area contributed by atoms with Crippen molar-refractivity contribution in [3.8, 4) is 0 Å². The minimum Gasteiger partial charge on any atom is -0.387 e. The van der Waals surface area contributed by atoms with E-state index in [0.717, 1.165) is 9.35 Å². The monoisotopic (exact) mass is 280 g/mol. The molecule has 0 aliphatic heterocycles. The Balaban J connectivity index is 2.56. The maximum absolute atomic E-state index is 9.74. The van der Waals surface area contributed by atoms with E-state index < -0.39 is 12.4 Å². The molecule has 1 rings (SSSR count). The summed E-state index contributed by atoms with van der Waals surface area (Å²) in [5.41, 5.74) is 0. The molecule has 0 fully saturated rings. The summed E-state index contributed by atoms with van der Waals surface area (Å²) < 4.78 is 11.0. The molecule has 3 nitrogen and oxygen atoms in total. The van der Waals surface area contributed by atoms with E-state index in [9.17, 15) is 5.11 Å². The quantitative estimate of drug-likeness (QED) is 0.839. The molecule has 0 spiro atoms. The Hall–Kier alpha value is 0.0600. The topological polar surface area (TPSA) is 38.7 Å². The third kappa shape index (κ3) is 3.03. The summed E-state index contributed by atoms with van der Waals surface area (Å²) in [6.45, 7) is 0. The number of thiophene rings is 1. The summed E-state index contributed by atoms with van der Waals surface area (Å²) in [5, 5.41) is 11.7. The van der Waals surface area contributed by atoms with Crippen LogP contribution in [0.5, 0.6) is 0 Å². The number of aliphatic hydroxyl groups excluding tert-OH is 1. The van der Waals surface area contributed by atoms with Crippen LogP contribution >= 0.6 is 27.3 Å². The fourth-order valence-corrected chi connectivity index (χ4v) is 2.73. The molecule has 0 bridgehead atoms. The van der Waals surface area contributed by atoms with E-state index in [2.05, 4.69) is 15.9 Å². The largest absolute Gasteiger partial charge is 0.387 e. The minimum atomic E-state index is -0.639. The summed E-state index contributed by atoms with van der Waals surface area (Å²) >= 11 is 5.00. The zero-order valence-corrected chi connectivity index (χ0v) is 10.5. The molecular formula is C9H13BrO3S. The smallest absolute Gasteiger partial charge is 0.183 e. The van der Waals surface area contributed by atoms with Crippen molar-refractivity contribution < 1.29 is 14.6 Å². The first-order valence-electron chi connectivity index (χ1n) is 4.14. The van der Waals surface area contributed by atoms with Gasteiger partial charge in [0, 0.05) is 30.0 Å². The Morgan fingerprint density at radius 3 is 2.57 bits per heavy atom. The van der Waals surface area contributed by atoms with E-state index in [1.165, 1.54) is 14.2 Å². The second-order valence-electron chi connectivity index (χ2n) is 2.80. The van der Waals surface area contributed by atoms with Crippen LogP contribution in [0.2, 0.25) is 0 Å². The summed E-state index contributed by atoms with van der Waals surface area (Å²) in [6, 6.07) is 1.96. The lowest BCUT2D eigenvalue weighted by Gasteiger charge is -2.19. The lowest BCUT2D eigenvalue weighted by molar-refractivity contribution is -0.163. The van der Waals surface area contributed by atoms with Crippen LogP contribution in [0.4, 0.5) is 0 Å². The summed E-state index contributed by atoms with van der Waals surface area (Å²) in [4.78, 5) is 1.09. The van der Waals surface area contributed by atoms with E-state index in [-0.39, 0.29) is 0 Å². The number of hydrogen-bond acceptors (Lipinski definition) is 4. The lowest BCUT2D eigenvalue weighted by atomic mass is 10.2. The Morgan fingerprint density at radius 1 is 1.50 bits per heavy atom. The van der Waals surface area contributed by atoms with Crippen LogP contribution < -0.4 is 0 Å². The van der Waals surface area contributed by atoms with Crippen molar-refractivity contribution in [3.63, 3.8) is 0 Å². The van der Waals surface area contributed by atoms with E-state index >= 15 is 0 Å². The normalized spacial score (nSPS) is 13.5. The standard InChI is InChI=1S/C9H13BrO3S/c1-12-9(13-2)7(11)5-8-6(10)3-4-14-8/h3-4,7,9,11H,5H2,1-2H3. The van der Waals surface area contributed by atoms with Crippen molar-refractivity contribution in [3.05, 3.63) is 20.8 Å². The van der Waals surface area contributed by atoms with Gasteiger partial charge in [-0.15, -0.1) is 11.3 Å². The molecule has 1 aromatic heterocycles. The maximum atomic E-state index is 9.74. The molecule has 1 N–H and O–H groups in total. The number of rotatable bonds is 5. The second kappa shape index (κ2) is 5.82. The van der Waals surface area contributed by atoms with Crippen LogP contribution in [0.15, 0.2) is 15.9 Å². The van der Waals surface area contributed by atoms with Gasteiger partial charge < -0.3 is 14.6 Å². The highest BCUT2D eigenvalue weighted by Crippen LogP contribution is 2.24. The zero-order valence-electron chi connectivity index (χ0n) is 8.07. The third-order valence-corrected chi connectivity index (χ3v) is 3.81. The fraction of sp³-hybridized carbons (Fsp3) is 0.556. The fourth-order valence-electron chi connectivity index (χ4n) is 1.17. The molecule has 5 heteroatoms. The molecule has 14 heavy (non-hydrogen) atoms. The lowest BCUT2D eigenvalue weighted by Crippen LogP contribution is -2.31. The van der Waals surface area contributed by atoms with Crippen molar-refractivity contribution in [1.29, 1.82) is 0 Å². The Labute approximate surface area is 95.8 Å². The number of hydrogen-bond donors (Lipinski definition) is 1. The summed E-state index contributed by atoms with van der Waals surface area (Å²) in [5.74, 6) is 0. The molecule has 0 aliphatic rings. The SMILES string of the molecule is COC(OC)C(O)Cc1sccc1Br. The number of aliphatic hydroxyl groups is 1. The average Bonchev–Trinajstić information content (AvgIpc) is 2.54. The molecule has 1 atom stereocenters. The molecule has 0 aromatic carbocycles. The Morgan fingerprint density at radius 2 is 2.14 bits per heavy atom. The number of methoxy groups -OCH3 is 2. The molecule has 0 saturated carbocycles. The minimum absolute atomic E-state index is 0.532. The summed E-state index contributed by atoms with van der Waals surface area (Å²) in [6.07, 6.45) is -0.672. The number of halogens is 1. The van der Waals surface area contributed by atoms with Crippen molar-refractivity contribution in [2.75, 3.05) is 14.2 Å². The average molecular weight is 281 g/mol. The van der Waals surface area contributed by atoms with Crippen LogP contribution in [0.3, 0.4) is 0 Å². The van der Waals surface area contributed by atoms with Crippen molar-refractivity contribution in [2.45, 2.75) is 18.8 Å². The van der Waals surface area contributed by atoms with Crippen molar-refractivity contribution in [1.82, 2.24) is 0 Å². The van der Waals surface area contributed by atoms with Gasteiger partial charge in [-0.2, -0.15) is 0 Å². The molecule has 0 aliphatic carbocycles. The number of ether oxygens (including phenoxy) is 2. The van der Waals surface area contributed by atoms with Gasteiger partial charge in [0.15, 0.2) is 6.29 Å². The first-order valence-corrected chi connectivity index (χ1v) is 5.81. The Bertz CT molecular complexity index is 273. The predicted octanol–water partition coefficient (Wildman–Crippen LogP) is 2.03. The van der Waals surface area contributed by atoms with Crippen LogP contribution in [0, 0.1) is 0 Å². The van der Waals surface area contributed by atoms with Crippen molar-refractivity contribution in [2.24, 2.45) is 0 Å². The van der Waals surface area contributed by atoms with Gasteiger partial charge in [0.2, 0.25) is 0 Å². The van der Waals surface area contributed by atoms with Gasteiger partial charge in [0.25, 0.3) is 0 Å². The van der Waals surface area contributed by atoms with Gasteiger partial charge in [0.05, 0.1) is 0 Å². The molecule has 0 saturated heterocycles. The van der Waals surface area contributed by atoms with Gasteiger partial charge in [-0.1, -0.05) is 0 Å². The predicted molar refractivity (Wildman–Crippen MR) is 59.5 cm³/mol. The zero-order chi connectivity index (χ0) is 10.6. The first-order chi connectivity index (χ1) is 6.69. The molecule has 1 unspecified atom stereocenters. The highest BCUT2D eigenvalue weighted by atomic mass is 79.9. The van der Waals surface area contributed by atoms with Crippen LogP contribution in [0.25, 0.3) is 0 Å². The first kappa shape index (κ1) is 12.1. The van der Waals surface area contributed by atoms with Gasteiger partial charge in [0.1, 0.15) is 6.10 Å². The molecule has 0 amide bonds. The maximum Gasteiger partial charge on any atom is 0.183 e. The van der Waals surface area contributed by atoms with Crippen LogP contribution in [-0.4, -0.2) is 31.7 Å². The second-order valence-corrected chi connectivity index (χ2v) is 4.66. The van der Waals surface area contributed by atoms with E-state index in [0.29, 0.717) is 6.42 Å². The van der Waals surface area contributed by atoms with Crippen molar-refractivity contribution >= 4 is 27.3 Å².